The normalized spacial score (nSPS) is 10.0. The lowest BCUT2D eigenvalue weighted by Gasteiger charge is -2.18. The lowest BCUT2D eigenvalue weighted by molar-refractivity contribution is 0.0522. The van der Waals surface area contributed by atoms with Gasteiger partial charge in [-0.15, -0.1) is 0 Å². The van der Waals surface area contributed by atoms with Gasteiger partial charge < -0.3 is 18.9 Å². The van der Waals surface area contributed by atoms with Crippen LogP contribution >= 0.6 is 0 Å². The Morgan fingerprint density at radius 3 is 1.57 bits per heavy atom. The van der Waals surface area contributed by atoms with E-state index < -0.39 is 35.0 Å². The van der Waals surface area contributed by atoms with Crippen LogP contribution in [0.15, 0.2) is 36.4 Å². The highest BCUT2D eigenvalue weighted by molar-refractivity contribution is 6.17. The number of carbonyl (C=O) groups excluding carboxylic acids is 4. The molecule has 0 aromatic heterocycles. The van der Waals surface area contributed by atoms with Gasteiger partial charge in [0.15, 0.2) is 0 Å². The second-order valence-electron chi connectivity index (χ2n) is 5.43. The van der Waals surface area contributed by atoms with Crippen LogP contribution in [-0.2, 0) is 18.9 Å². The van der Waals surface area contributed by atoms with Gasteiger partial charge >= 0.3 is 23.9 Å². The third-order valence-electron chi connectivity index (χ3n) is 3.99. The molecule has 0 amide bonds. The Morgan fingerprint density at radius 2 is 1.07 bits per heavy atom. The van der Waals surface area contributed by atoms with Crippen molar-refractivity contribution in [2.75, 3.05) is 28.4 Å². The van der Waals surface area contributed by atoms with Gasteiger partial charge in [0, 0.05) is 0 Å². The van der Waals surface area contributed by atoms with Gasteiger partial charge in [0.1, 0.15) is 0 Å². The molecule has 0 aliphatic rings. The molecule has 0 N–H and O–H groups in total. The van der Waals surface area contributed by atoms with Crippen molar-refractivity contribution in [3.63, 3.8) is 0 Å². The summed E-state index contributed by atoms with van der Waals surface area (Å²) in [5.41, 5.74) is -0.658. The zero-order valence-electron chi connectivity index (χ0n) is 15.7. The van der Waals surface area contributed by atoms with Crippen LogP contribution < -0.4 is 0 Å². The Morgan fingerprint density at radius 1 is 0.607 bits per heavy atom. The fraction of sp³-hybridized carbons (Fsp3) is 0.200. The molecule has 146 valence electrons. The first-order chi connectivity index (χ1) is 13.4. The largest absolute Gasteiger partial charge is 0.465 e. The predicted molar refractivity (Wildman–Crippen MR) is 97.2 cm³/mol. The Hall–Kier alpha value is -3.68. The van der Waals surface area contributed by atoms with E-state index in [1.807, 2.05) is 0 Å². The average molecular weight is 386 g/mol. The highest BCUT2D eigenvalue weighted by Gasteiger charge is 2.34. The van der Waals surface area contributed by atoms with Gasteiger partial charge in [-0.25, -0.2) is 19.2 Å². The zero-order valence-corrected chi connectivity index (χ0v) is 15.7. The van der Waals surface area contributed by atoms with Gasteiger partial charge in [0.2, 0.25) is 0 Å². The van der Waals surface area contributed by atoms with Gasteiger partial charge in [-0.05, 0) is 17.2 Å². The van der Waals surface area contributed by atoms with Crippen molar-refractivity contribution in [1.29, 1.82) is 0 Å². The molecule has 0 bridgehead atoms. The maximum Gasteiger partial charge on any atom is 0.339 e. The van der Waals surface area contributed by atoms with Gasteiger partial charge in [-0.2, -0.15) is 0 Å². The van der Waals surface area contributed by atoms with Crippen LogP contribution in [0.5, 0.6) is 0 Å². The van der Waals surface area contributed by atoms with E-state index in [1.165, 1.54) is 6.07 Å². The van der Waals surface area contributed by atoms with Crippen molar-refractivity contribution in [3.05, 3.63) is 58.7 Å². The molecule has 0 saturated carbocycles. The lowest BCUT2D eigenvalue weighted by atomic mass is 9.88. The fourth-order valence-corrected chi connectivity index (χ4v) is 2.73. The Bertz CT molecular complexity index is 931. The molecule has 8 heteroatoms. The second-order valence-corrected chi connectivity index (χ2v) is 5.43. The van der Waals surface area contributed by atoms with Crippen molar-refractivity contribution in [2.24, 2.45) is 0 Å². The summed E-state index contributed by atoms with van der Waals surface area (Å²) in [4.78, 5) is 49.9. The molecule has 0 aliphatic heterocycles. The molecule has 0 aliphatic carbocycles. The smallest absolute Gasteiger partial charge is 0.339 e. The summed E-state index contributed by atoms with van der Waals surface area (Å²) in [5, 5.41) is 0. The lowest BCUT2D eigenvalue weighted by Crippen LogP contribution is -2.23. The van der Waals surface area contributed by atoms with E-state index >= 15 is 0 Å². The molecule has 2 rings (SSSR count). The van der Waals surface area contributed by atoms with Crippen LogP contribution in [0, 0.1) is 0 Å². The first-order valence-electron chi connectivity index (χ1n) is 8.00. The third-order valence-corrected chi connectivity index (χ3v) is 3.99. The van der Waals surface area contributed by atoms with Gasteiger partial charge in [-0.3, -0.25) is 0 Å². The van der Waals surface area contributed by atoms with Crippen molar-refractivity contribution in [1.82, 2.24) is 0 Å². The number of benzene rings is 2. The molecule has 28 heavy (non-hydrogen) atoms. The highest BCUT2D eigenvalue weighted by atomic mass is 16.5. The number of rotatable bonds is 5. The number of esters is 4. The van der Waals surface area contributed by atoms with Crippen molar-refractivity contribution in [2.45, 2.75) is 0 Å². The summed E-state index contributed by atoms with van der Waals surface area (Å²) in [6.07, 6.45) is 0. The summed E-state index contributed by atoms with van der Waals surface area (Å²) in [6.45, 7) is 0. The molecule has 0 unspecified atom stereocenters. The predicted octanol–water partition coefficient (Wildman–Crippen LogP) is 2.50. The molecule has 2 aromatic rings. The summed E-state index contributed by atoms with van der Waals surface area (Å²) >= 11 is 0. The number of ether oxygens (including phenoxy) is 4. The molecular weight excluding hydrogens is 368 g/mol. The monoisotopic (exact) mass is 386 g/mol. The maximum absolute atomic E-state index is 12.6. The van der Waals surface area contributed by atoms with E-state index in [4.69, 9.17) is 18.9 Å². The van der Waals surface area contributed by atoms with Crippen LogP contribution in [0.4, 0.5) is 0 Å². The molecule has 0 heterocycles. The maximum atomic E-state index is 12.6. The quantitative estimate of drug-likeness (QED) is 0.570. The number of methoxy groups -OCH3 is 4. The second kappa shape index (κ2) is 8.81. The summed E-state index contributed by atoms with van der Waals surface area (Å²) in [5.74, 6) is -3.80. The standard InChI is InChI=1S/C20H18O8/c1-25-17(21)13-10-12(11-8-6-5-7-9-11)14(18(22)26-2)16(20(24)28-4)15(13)19(23)27-3/h5-10H,1-4H3. The molecule has 2 aromatic carbocycles. The minimum absolute atomic E-state index is 0.195. The van der Waals surface area contributed by atoms with Crippen molar-refractivity contribution < 1.29 is 38.1 Å². The summed E-state index contributed by atoms with van der Waals surface area (Å²) in [6, 6.07) is 9.79. The summed E-state index contributed by atoms with van der Waals surface area (Å²) in [7, 11) is 4.41. The van der Waals surface area contributed by atoms with E-state index in [0.29, 0.717) is 5.56 Å². The zero-order chi connectivity index (χ0) is 20.8. The molecule has 0 atom stereocenters. The SMILES string of the molecule is COC(=O)c1cc(-c2ccccc2)c(C(=O)OC)c(C(=O)OC)c1C(=O)OC. The van der Waals surface area contributed by atoms with Gasteiger partial charge in [0.05, 0.1) is 50.7 Å². The molecule has 0 spiro atoms. The van der Waals surface area contributed by atoms with Gasteiger partial charge in [0.25, 0.3) is 0 Å². The van der Waals surface area contributed by atoms with Crippen molar-refractivity contribution in [3.8, 4) is 11.1 Å². The molecule has 0 fully saturated rings. The molecule has 8 nitrogen and oxygen atoms in total. The van der Waals surface area contributed by atoms with E-state index in [1.54, 1.807) is 30.3 Å². The van der Waals surface area contributed by atoms with E-state index in [2.05, 4.69) is 0 Å². The molecular formula is C20H18O8. The minimum Gasteiger partial charge on any atom is -0.465 e. The first-order valence-corrected chi connectivity index (χ1v) is 8.00. The molecule has 0 saturated heterocycles. The highest BCUT2D eigenvalue weighted by Crippen LogP contribution is 2.33. The Labute approximate surface area is 161 Å². The topological polar surface area (TPSA) is 105 Å². The van der Waals surface area contributed by atoms with E-state index in [0.717, 1.165) is 28.4 Å². The number of carbonyl (C=O) groups is 4. The fourth-order valence-electron chi connectivity index (χ4n) is 2.73. The van der Waals surface area contributed by atoms with Gasteiger partial charge in [-0.1, -0.05) is 30.3 Å². The van der Waals surface area contributed by atoms with Crippen LogP contribution in [-0.4, -0.2) is 52.3 Å². The Balaban J connectivity index is 3.09. The van der Waals surface area contributed by atoms with E-state index in [-0.39, 0.29) is 16.7 Å². The molecule has 0 radical (unpaired) electrons. The van der Waals surface area contributed by atoms with E-state index in [9.17, 15) is 19.2 Å². The number of hydrogen-bond donors (Lipinski definition) is 0. The third kappa shape index (κ3) is 3.71. The Kier molecular flexibility index (Phi) is 6.49. The average Bonchev–Trinajstić information content (AvgIpc) is 2.75. The minimum atomic E-state index is -1.01. The van der Waals surface area contributed by atoms with Crippen molar-refractivity contribution >= 4 is 23.9 Å². The van der Waals surface area contributed by atoms with Crippen LogP contribution in [0.1, 0.15) is 41.4 Å². The summed E-state index contributed by atoms with van der Waals surface area (Å²) < 4.78 is 19.0. The first kappa shape index (κ1) is 20.6. The number of hydrogen-bond acceptors (Lipinski definition) is 8. The van der Waals surface area contributed by atoms with Crippen LogP contribution in [0.25, 0.3) is 11.1 Å². The van der Waals surface area contributed by atoms with Crippen LogP contribution in [0.2, 0.25) is 0 Å². The van der Waals surface area contributed by atoms with Crippen LogP contribution in [0.3, 0.4) is 0 Å².